The molecule has 4 rings (SSSR count). The van der Waals surface area contributed by atoms with E-state index in [4.69, 9.17) is 0 Å². The Bertz CT molecular complexity index is 905. The minimum absolute atomic E-state index is 1.03. The predicted octanol–water partition coefficient (Wildman–Crippen LogP) is 4.69. The number of nitrogens with zero attached hydrogens (tertiary/aromatic N) is 1. The standard InChI is InChI=1S/C18H14N2/c1-12-17(13-7-3-2-4-8-13)15-11-19-16-10-6-5-9-14(16)18(15)20-12/h2-11,20H,1H3. The van der Waals surface area contributed by atoms with Crippen LogP contribution in [0.3, 0.4) is 0 Å². The Kier molecular flexibility index (Phi) is 2.36. The molecule has 0 radical (unpaired) electrons. The van der Waals surface area contributed by atoms with Gasteiger partial charge in [0.05, 0.1) is 11.0 Å². The van der Waals surface area contributed by atoms with E-state index in [2.05, 4.69) is 53.3 Å². The Labute approximate surface area is 117 Å². The zero-order valence-corrected chi connectivity index (χ0v) is 11.2. The highest BCUT2D eigenvalue weighted by Gasteiger charge is 2.12. The molecule has 0 fully saturated rings. The zero-order valence-electron chi connectivity index (χ0n) is 11.2. The van der Waals surface area contributed by atoms with E-state index in [0.29, 0.717) is 0 Å². The molecule has 0 amide bonds. The minimum Gasteiger partial charge on any atom is -0.357 e. The Hall–Kier alpha value is -2.61. The van der Waals surface area contributed by atoms with Crippen LogP contribution in [0.25, 0.3) is 32.9 Å². The van der Waals surface area contributed by atoms with Gasteiger partial charge in [-0.3, -0.25) is 4.98 Å². The topological polar surface area (TPSA) is 28.7 Å². The fraction of sp³-hybridized carbons (Fsp3) is 0.0556. The van der Waals surface area contributed by atoms with Gasteiger partial charge in [0.15, 0.2) is 0 Å². The first-order valence-electron chi connectivity index (χ1n) is 6.76. The summed E-state index contributed by atoms with van der Waals surface area (Å²) in [5.74, 6) is 0. The highest BCUT2D eigenvalue weighted by Crippen LogP contribution is 2.34. The van der Waals surface area contributed by atoms with Crippen molar-refractivity contribution in [3.8, 4) is 11.1 Å². The van der Waals surface area contributed by atoms with Crippen molar-refractivity contribution in [1.29, 1.82) is 0 Å². The van der Waals surface area contributed by atoms with Crippen molar-refractivity contribution < 1.29 is 0 Å². The maximum atomic E-state index is 4.59. The van der Waals surface area contributed by atoms with Crippen LogP contribution in [0.15, 0.2) is 60.8 Å². The van der Waals surface area contributed by atoms with Crippen LogP contribution in [0.1, 0.15) is 5.69 Å². The summed E-state index contributed by atoms with van der Waals surface area (Å²) in [7, 11) is 0. The Morgan fingerprint density at radius 1 is 0.850 bits per heavy atom. The number of pyridine rings is 1. The summed E-state index contributed by atoms with van der Waals surface area (Å²) in [6, 6.07) is 18.7. The molecule has 0 aliphatic rings. The smallest absolute Gasteiger partial charge is 0.0723 e. The predicted molar refractivity (Wildman–Crippen MR) is 83.8 cm³/mol. The number of rotatable bonds is 1. The SMILES string of the molecule is Cc1[nH]c2c(cnc3ccccc32)c1-c1ccccc1. The Morgan fingerprint density at radius 2 is 1.60 bits per heavy atom. The third-order valence-corrected chi connectivity index (χ3v) is 3.79. The van der Waals surface area contributed by atoms with Crippen molar-refractivity contribution in [2.24, 2.45) is 0 Å². The number of nitrogens with one attached hydrogen (secondary N) is 1. The molecular formula is C18H14N2. The monoisotopic (exact) mass is 258 g/mol. The van der Waals surface area contributed by atoms with E-state index in [1.54, 1.807) is 0 Å². The van der Waals surface area contributed by atoms with Gasteiger partial charge in [0.2, 0.25) is 0 Å². The molecule has 0 aliphatic heterocycles. The van der Waals surface area contributed by atoms with Crippen molar-refractivity contribution in [3.63, 3.8) is 0 Å². The van der Waals surface area contributed by atoms with Gasteiger partial charge in [-0.2, -0.15) is 0 Å². The summed E-state index contributed by atoms with van der Waals surface area (Å²) in [5.41, 5.74) is 5.87. The molecule has 2 nitrogen and oxygen atoms in total. The summed E-state index contributed by atoms with van der Waals surface area (Å²) in [5, 5.41) is 2.36. The lowest BCUT2D eigenvalue weighted by atomic mass is 10.0. The Balaban J connectivity index is 2.13. The second-order valence-corrected chi connectivity index (χ2v) is 5.06. The van der Waals surface area contributed by atoms with Crippen LogP contribution in [0.4, 0.5) is 0 Å². The lowest BCUT2D eigenvalue weighted by Gasteiger charge is -2.02. The van der Waals surface area contributed by atoms with Crippen LogP contribution in [0.5, 0.6) is 0 Å². The van der Waals surface area contributed by atoms with E-state index in [1.165, 1.54) is 33.1 Å². The van der Waals surface area contributed by atoms with Gasteiger partial charge in [-0.25, -0.2) is 0 Å². The van der Waals surface area contributed by atoms with Gasteiger partial charge in [0, 0.05) is 28.2 Å². The van der Waals surface area contributed by atoms with E-state index in [-0.39, 0.29) is 0 Å². The average molecular weight is 258 g/mol. The van der Waals surface area contributed by atoms with E-state index in [1.807, 2.05) is 24.4 Å². The number of fused-ring (bicyclic) bond motifs is 3. The number of benzene rings is 2. The third-order valence-electron chi connectivity index (χ3n) is 3.79. The van der Waals surface area contributed by atoms with Crippen molar-refractivity contribution in [3.05, 3.63) is 66.5 Å². The van der Waals surface area contributed by atoms with Gasteiger partial charge in [0.25, 0.3) is 0 Å². The van der Waals surface area contributed by atoms with Gasteiger partial charge in [0.1, 0.15) is 0 Å². The quantitative estimate of drug-likeness (QED) is 0.527. The molecule has 0 atom stereocenters. The molecule has 0 aliphatic carbocycles. The van der Waals surface area contributed by atoms with Crippen molar-refractivity contribution >= 4 is 21.8 Å². The molecule has 1 N–H and O–H groups in total. The lowest BCUT2D eigenvalue weighted by Crippen LogP contribution is -1.81. The van der Waals surface area contributed by atoms with Crippen LogP contribution in [0.2, 0.25) is 0 Å². The van der Waals surface area contributed by atoms with Gasteiger partial charge in [-0.1, -0.05) is 48.5 Å². The summed E-state index contributed by atoms with van der Waals surface area (Å²) in [6.45, 7) is 2.12. The first-order chi connectivity index (χ1) is 9.84. The van der Waals surface area contributed by atoms with Gasteiger partial charge < -0.3 is 4.98 Å². The van der Waals surface area contributed by atoms with Gasteiger partial charge in [-0.05, 0) is 18.6 Å². The summed E-state index contributed by atoms with van der Waals surface area (Å²) in [6.07, 6.45) is 1.98. The van der Waals surface area contributed by atoms with Crippen LogP contribution in [-0.2, 0) is 0 Å². The number of hydrogen-bond acceptors (Lipinski definition) is 1. The molecule has 2 heteroatoms. The van der Waals surface area contributed by atoms with E-state index in [0.717, 1.165) is 5.52 Å². The average Bonchev–Trinajstić information content (AvgIpc) is 2.84. The molecule has 0 saturated carbocycles. The van der Waals surface area contributed by atoms with E-state index >= 15 is 0 Å². The minimum atomic E-state index is 1.03. The van der Waals surface area contributed by atoms with Crippen LogP contribution >= 0.6 is 0 Å². The first kappa shape index (κ1) is 11.2. The van der Waals surface area contributed by atoms with Gasteiger partial charge in [-0.15, -0.1) is 0 Å². The molecule has 96 valence electrons. The number of hydrogen-bond donors (Lipinski definition) is 1. The molecule has 20 heavy (non-hydrogen) atoms. The third kappa shape index (κ3) is 1.55. The van der Waals surface area contributed by atoms with Gasteiger partial charge >= 0.3 is 0 Å². The maximum absolute atomic E-state index is 4.59. The number of aryl methyl sites for hydroxylation is 1. The van der Waals surface area contributed by atoms with E-state index in [9.17, 15) is 0 Å². The molecule has 0 unspecified atom stereocenters. The largest absolute Gasteiger partial charge is 0.357 e. The fourth-order valence-electron chi connectivity index (χ4n) is 2.89. The summed E-state index contributed by atoms with van der Waals surface area (Å²) < 4.78 is 0. The summed E-state index contributed by atoms with van der Waals surface area (Å²) in [4.78, 5) is 8.12. The molecule has 2 heterocycles. The molecule has 2 aromatic carbocycles. The van der Waals surface area contributed by atoms with Crippen LogP contribution < -0.4 is 0 Å². The number of aromatic amines is 1. The molecule has 4 aromatic rings. The van der Waals surface area contributed by atoms with Crippen molar-refractivity contribution in [2.45, 2.75) is 6.92 Å². The molecule has 0 bridgehead atoms. The molecular weight excluding hydrogens is 244 g/mol. The molecule has 0 spiro atoms. The fourth-order valence-corrected chi connectivity index (χ4v) is 2.89. The number of H-pyrrole nitrogens is 1. The number of para-hydroxylation sites is 1. The maximum Gasteiger partial charge on any atom is 0.0723 e. The second kappa shape index (κ2) is 4.20. The number of aromatic nitrogens is 2. The lowest BCUT2D eigenvalue weighted by molar-refractivity contribution is 1.30. The van der Waals surface area contributed by atoms with Crippen molar-refractivity contribution in [2.75, 3.05) is 0 Å². The molecule has 2 aromatic heterocycles. The van der Waals surface area contributed by atoms with Crippen LogP contribution in [-0.4, -0.2) is 9.97 Å². The van der Waals surface area contributed by atoms with E-state index < -0.39 is 0 Å². The highest BCUT2D eigenvalue weighted by molar-refractivity contribution is 6.09. The first-order valence-corrected chi connectivity index (χ1v) is 6.76. The second-order valence-electron chi connectivity index (χ2n) is 5.06. The molecule has 0 saturated heterocycles. The Morgan fingerprint density at radius 3 is 2.45 bits per heavy atom. The van der Waals surface area contributed by atoms with Crippen molar-refractivity contribution in [1.82, 2.24) is 9.97 Å². The zero-order chi connectivity index (χ0) is 13.5. The highest BCUT2D eigenvalue weighted by atomic mass is 14.8. The van der Waals surface area contributed by atoms with Crippen LogP contribution in [0, 0.1) is 6.92 Å². The summed E-state index contributed by atoms with van der Waals surface area (Å²) >= 11 is 0. The normalized spacial score (nSPS) is 11.2.